The van der Waals surface area contributed by atoms with Gasteiger partial charge in [-0.1, -0.05) is 37.3 Å². The maximum Gasteiger partial charge on any atom is 0.227 e. The van der Waals surface area contributed by atoms with Crippen LogP contribution in [0, 0.1) is 0 Å². The van der Waals surface area contributed by atoms with E-state index in [1.54, 1.807) is 0 Å². The Bertz CT molecular complexity index is 744. The monoisotopic (exact) mass is 265 g/mol. The third kappa shape index (κ3) is 2.23. The van der Waals surface area contributed by atoms with Gasteiger partial charge in [-0.15, -0.1) is 0 Å². The normalized spacial score (nSPS) is 10.8. The molecule has 0 saturated carbocycles. The predicted octanol–water partition coefficient (Wildman–Crippen LogP) is 2.67. The molecule has 20 heavy (non-hydrogen) atoms. The lowest BCUT2D eigenvalue weighted by Gasteiger charge is -2.04. The second kappa shape index (κ2) is 5.29. The molecule has 3 heteroatoms. The number of fused-ring (bicyclic) bond motifs is 1. The molecular formula is C17H17N2O+. The Kier molecular flexibility index (Phi) is 3.33. The van der Waals surface area contributed by atoms with E-state index in [-0.39, 0.29) is 5.78 Å². The van der Waals surface area contributed by atoms with Gasteiger partial charge in [0.1, 0.15) is 5.52 Å². The van der Waals surface area contributed by atoms with Crippen LogP contribution in [0.25, 0.3) is 5.52 Å². The molecule has 1 aromatic carbocycles. The molecule has 0 radical (unpaired) electrons. The zero-order valence-corrected chi connectivity index (χ0v) is 11.5. The molecule has 0 N–H and O–H groups in total. The maximum atomic E-state index is 12.3. The molecule has 0 bridgehead atoms. The summed E-state index contributed by atoms with van der Waals surface area (Å²) in [5.74, 6) is 0.140. The van der Waals surface area contributed by atoms with E-state index in [4.69, 9.17) is 0 Å². The van der Waals surface area contributed by atoms with Gasteiger partial charge in [0.05, 0.1) is 6.20 Å². The van der Waals surface area contributed by atoms with Crippen molar-refractivity contribution < 1.29 is 9.36 Å². The number of carbonyl (C=O) groups excluding carboxylic acids is 1. The first-order chi connectivity index (χ1) is 9.79. The maximum absolute atomic E-state index is 12.3. The minimum absolute atomic E-state index is 0.140. The molecule has 0 unspecified atom stereocenters. The van der Waals surface area contributed by atoms with Crippen molar-refractivity contribution in [2.75, 3.05) is 0 Å². The minimum Gasteiger partial charge on any atom is -0.313 e. The number of benzene rings is 1. The van der Waals surface area contributed by atoms with Crippen LogP contribution in [-0.4, -0.2) is 10.2 Å². The number of ketones is 1. The third-order valence-electron chi connectivity index (χ3n) is 3.57. The summed E-state index contributed by atoms with van der Waals surface area (Å²) in [5.41, 5.74) is 3.11. The van der Waals surface area contributed by atoms with Crippen molar-refractivity contribution in [3.8, 4) is 0 Å². The fourth-order valence-electron chi connectivity index (χ4n) is 2.56. The predicted molar refractivity (Wildman–Crippen MR) is 77.7 cm³/mol. The molecule has 3 rings (SSSR count). The van der Waals surface area contributed by atoms with Crippen LogP contribution >= 0.6 is 0 Å². The highest BCUT2D eigenvalue weighted by Gasteiger charge is 2.18. The van der Waals surface area contributed by atoms with E-state index in [0.29, 0.717) is 6.54 Å². The Morgan fingerprint density at radius 1 is 1.10 bits per heavy atom. The van der Waals surface area contributed by atoms with E-state index in [9.17, 15) is 4.79 Å². The molecule has 0 amide bonds. The summed E-state index contributed by atoms with van der Waals surface area (Å²) in [5, 5.41) is 0. The molecule has 3 aromatic rings. The summed E-state index contributed by atoms with van der Waals surface area (Å²) in [6.07, 6.45) is 6.90. The summed E-state index contributed by atoms with van der Waals surface area (Å²) in [7, 11) is 0. The highest BCUT2D eigenvalue weighted by molar-refractivity contribution is 5.94. The lowest BCUT2D eigenvalue weighted by molar-refractivity contribution is -0.689. The standard InChI is InChI=1S/C17H17N2O/c1-2-15-16-9-6-10-18(16)11-12-19(15)13-17(20)14-7-4-3-5-8-14/h3-12H,2,13H2,1H3/q+1. The number of hydrogen-bond donors (Lipinski definition) is 0. The number of aryl methyl sites for hydroxylation is 1. The molecule has 3 nitrogen and oxygen atoms in total. The Hall–Kier alpha value is -2.42. The van der Waals surface area contributed by atoms with Crippen LogP contribution < -0.4 is 4.57 Å². The third-order valence-corrected chi connectivity index (χ3v) is 3.57. The van der Waals surface area contributed by atoms with Crippen molar-refractivity contribution in [1.29, 1.82) is 0 Å². The van der Waals surface area contributed by atoms with E-state index in [2.05, 4.69) is 17.4 Å². The van der Waals surface area contributed by atoms with Crippen molar-refractivity contribution in [3.05, 3.63) is 72.3 Å². The molecule has 0 aliphatic carbocycles. The van der Waals surface area contributed by atoms with Crippen LogP contribution in [0.3, 0.4) is 0 Å². The number of carbonyl (C=O) groups is 1. The van der Waals surface area contributed by atoms with Crippen molar-refractivity contribution in [3.63, 3.8) is 0 Å². The van der Waals surface area contributed by atoms with Crippen molar-refractivity contribution in [1.82, 2.24) is 4.40 Å². The fourth-order valence-corrected chi connectivity index (χ4v) is 2.56. The van der Waals surface area contributed by atoms with Gasteiger partial charge in [-0.3, -0.25) is 4.79 Å². The summed E-state index contributed by atoms with van der Waals surface area (Å²) in [6, 6.07) is 13.6. The van der Waals surface area contributed by atoms with Gasteiger partial charge in [-0.2, -0.15) is 4.57 Å². The van der Waals surface area contributed by atoms with Crippen molar-refractivity contribution >= 4 is 11.3 Å². The Morgan fingerprint density at radius 3 is 2.65 bits per heavy atom. The van der Waals surface area contributed by atoms with Gasteiger partial charge < -0.3 is 4.40 Å². The van der Waals surface area contributed by atoms with Crippen LogP contribution in [0.15, 0.2) is 61.1 Å². The van der Waals surface area contributed by atoms with Gasteiger partial charge in [-0.25, -0.2) is 0 Å². The Balaban J connectivity index is 1.96. The van der Waals surface area contributed by atoms with E-state index < -0.39 is 0 Å². The fraction of sp³-hybridized carbons (Fsp3) is 0.176. The molecular weight excluding hydrogens is 248 g/mol. The summed E-state index contributed by atoms with van der Waals surface area (Å²) < 4.78 is 4.13. The first-order valence-electron chi connectivity index (χ1n) is 6.86. The zero-order valence-electron chi connectivity index (χ0n) is 11.5. The van der Waals surface area contributed by atoms with Crippen LogP contribution in [-0.2, 0) is 13.0 Å². The quantitative estimate of drug-likeness (QED) is 0.526. The van der Waals surface area contributed by atoms with Gasteiger partial charge in [0.2, 0.25) is 18.0 Å². The van der Waals surface area contributed by atoms with Crippen LogP contribution in [0.4, 0.5) is 0 Å². The smallest absolute Gasteiger partial charge is 0.227 e. The van der Waals surface area contributed by atoms with E-state index in [1.165, 1.54) is 5.69 Å². The van der Waals surface area contributed by atoms with Gasteiger partial charge in [0.15, 0.2) is 6.20 Å². The average molecular weight is 265 g/mol. The number of Topliss-reactive ketones (excluding diaryl/α,β-unsaturated/α-hetero) is 1. The van der Waals surface area contributed by atoms with Crippen molar-refractivity contribution in [2.45, 2.75) is 19.9 Å². The van der Waals surface area contributed by atoms with E-state index in [1.807, 2.05) is 59.6 Å². The SMILES string of the molecule is CCc1c2cccn2cc[n+]1CC(=O)c1ccccc1. The molecule has 0 atom stereocenters. The zero-order chi connectivity index (χ0) is 13.9. The summed E-state index contributed by atoms with van der Waals surface area (Å²) in [4.78, 5) is 12.3. The summed E-state index contributed by atoms with van der Waals surface area (Å²) in [6.45, 7) is 2.50. The summed E-state index contributed by atoms with van der Waals surface area (Å²) >= 11 is 0. The van der Waals surface area contributed by atoms with Gasteiger partial charge >= 0.3 is 0 Å². The molecule has 0 saturated heterocycles. The number of aromatic nitrogens is 2. The van der Waals surface area contributed by atoms with Gasteiger partial charge in [0, 0.05) is 18.2 Å². The topological polar surface area (TPSA) is 25.4 Å². The van der Waals surface area contributed by atoms with Crippen LogP contribution in [0.1, 0.15) is 23.0 Å². The van der Waals surface area contributed by atoms with Crippen LogP contribution in [0.5, 0.6) is 0 Å². The number of nitrogens with zero attached hydrogens (tertiary/aromatic N) is 2. The molecule has 0 fully saturated rings. The van der Waals surface area contributed by atoms with E-state index >= 15 is 0 Å². The molecule has 2 aromatic heterocycles. The Morgan fingerprint density at radius 2 is 1.90 bits per heavy atom. The van der Waals surface area contributed by atoms with Crippen LogP contribution in [0.2, 0.25) is 0 Å². The molecule has 100 valence electrons. The number of rotatable bonds is 4. The lowest BCUT2D eigenvalue weighted by atomic mass is 10.1. The Labute approximate surface area is 118 Å². The molecule has 0 aliphatic rings. The lowest BCUT2D eigenvalue weighted by Crippen LogP contribution is -2.42. The highest BCUT2D eigenvalue weighted by Crippen LogP contribution is 2.09. The van der Waals surface area contributed by atoms with E-state index in [0.717, 1.165) is 17.5 Å². The second-order valence-corrected chi connectivity index (χ2v) is 4.82. The van der Waals surface area contributed by atoms with Gasteiger partial charge in [-0.05, 0) is 12.1 Å². The molecule has 0 spiro atoms. The number of hydrogen-bond acceptors (Lipinski definition) is 1. The second-order valence-electron chi connectivity index (χ2n) is 4.82. The van der Waals surface area contributed by atoms with Gasteiger partial charge in [0.25, 0.3) is 0 Å². The largest absolute Gasteiger partial charge is 0.313 e. The first kappa shape index (κ1) is 12.6. The van der Waals surface area contributed by atoms with Crippen molar-refractivity contribution in [2.24, 2.45) is 0 Å². The molecule has 2 heterocycles. The highest BCUT2D eigenvalue weighted by atomic mass is 16.1. The minimum atomic E-state index is 0.140. The first-order valence-corrected chi connectivity index (χ1v) is 6.86. The molecule has 0 aliphatic heterocycles. The average Bonchev–Trinajstić information content (AvgIpc) is 2.96.